The van der Waals surface area contributed by atoms with Gasteiger partial charge in [0.15, 0.2) is 0 Å². The highest BCUT2D eigenvalue weighted by Crippen LogP contribution is 2.25. The van der Waals surface area contributed by atoms with Crippen molar-refractivity contribution in [2.24, 2.45) is 0 Å². The highest BCUT2D eigenvalue weighted by molar-refractivity contribution is 5.52. The predicted molar refractivity (Wildman–Crippen MR) is 162 cm³/mol. The van der Waals surface area contributed by atoms with Gasteiger partial charge in [0.25, 0.3) is 0 Å². The molecule has 0 N–H and O–H groups in total. The summed E-state index contributed by atoms with van der Waals surface area (Å²) in [6.07, 6.45) is 0. The molecule has 0 radical (unpaired) electrons. The Morgan fingerprint density at radius 3 is 1.55 bits per heavy atom. The van der Waals surface area contributed by atoms with Crippen LogP contribution in [0, 0.1) is 0 Å². The van der Waals surface area contributed by atoms with Gasteiger partial charge in [-0.25, -0.2) is 0 Å². The fraction of sp³-hybridized carbons (Fsp3) is 0.294. The van der Waals surface area contributed by atoms with Crippen molar-refractivity contribution in [2.45, 2.75) is 26.3 Å². The Hall–Kier alpha value is -4.00. The lowest BCUT2D eigenvalue weighted by molar-refractivity contribution is 0.0338. The smallest absolute Gasteiger partial charge is 0.119 e. The molecule has 4 aromatic rings. The zero-order chi connectivity index (χ0) is 28.2. The van der Waals surface area contributed by atoms with Gasteiger partial charge in [-0.2, -0.15) is 0 Å². The van der Waals surface area contributed by atoms with Gasteiger partial charge in [-0.05, 0) is 70.8 Å². The summed E-state index contributed by atoms with van der Waals surface area (Å²) in [6, 6.07) is 33.5. The molecular formula is C34H40N2O4. The summed E-state index contributed by atoms with van der Waals surface area (Å²) >= 11 is 0. The number of hydrogen-bond donors (Lipinski definition) is 0. The first-order valence-electron chi connectivity index (χ1n) is 13.6. The van der Waals surface area contributed by atoms with E-state index in [1.54, 1.807) is 14.2 Å². The Morgan fingerprint density at radius 1 is 0.525 bits per heavy atom. The van der Waals surface area contributed by atoms with E-state index in [-0.39, 0.29) is 0 Å². The average molecular weight is 541 g/mol. The molecule has 0 saturated heterocycles. The number of methoxy groups -OCH3 is 2. The second-order valence-electron chi connectivity index (χ2n) is 9.90. The van der Waals surface area contributed by atoms with Crippen LogP contribution in [-0.2, 0) is 35.8 Å². The summed E-state index contributed by atoms with van der Waals surface area (Å²) < 4.78 is 22.5. The van der Waals surface area contributed by atoms with Crippen molar-refractivity contribution >= 4 is 11.4 Å². The molecular weight excluding hydrogens is 500 g/mol. The van der Waals surface area contributed by atoms with E-state index in [9.17, 15) is 0 Å². The Labute approximate surface area is 238 Å². The van der Waals surface area contributed by atoms with Crippen LogP contribution in [0.5, 0.6) is 11.5 Å². The van der Waals surface area contributed by atoms with Gasteiger partial charge in [0, 0.05) is 38.6 Å². The number of ether oxygens (including phenoxy) is 4. The molecule has 6 nitrogen and oxygen atoms in total. The van der Waals surface area contributed by atoms with Gasteiger partial charge in [-0.15, -0.1) is 0 Å². The van der Waals surface area contributed by atoms with Crippen molar-refractivity contribution in [2.75, 3.05) is 51.3 Å². The van der Waals surface area contributed by atoms with Crippen LogP contribution in [0.3, 0.4) is 0 Å². The summed E-state index contributed by atoms with van der Waals surface area (Å²) in [6.45, 7) is 3.65. The molecule has 4 aromatic carbocycles. The van der Waals surface area contributed by atoms with E-state index in [1.807, 2.05) is 36.4 Å². The first-order chi connectivity index (χ1) is 19.5. The Morgan fingerprint density at radius 2 is 0.975 bits per heavy atom. The fourth-order valence-corrected chi connectivity index (χ4v) is 4.49. The molecule has 0 spiro atoms. The van der Waals surface area contributed by atoms with Crippen LogP contribution >= 0.6 is 0 Å². The van der Waals surface area contributed by atoms with Crippen molar-refractivity contribution in [3.05, 3.63) is 119 Å². The van der Waals surface area contributed by atoms with Crippen molar-refractivity contribution in [1.29, 1.82) is 0 Å². The molecule has 6 heteroatoms. The van der Waals surface area contributed by atoms with E-state index in [0.29, 0.717) is 26.4 Å². The van der Waals surface area contributed by atoms with E-state index in [4.69, 9.17) is 18.9 Å². The summed E-state index contributed by atoms with van der Waals surface area (Å²) in [5.41, 5.74) is 6.99. The molecule has 0 unspecified atom stereocenters. The molecule has 0 aliphatic heterocycles. The van der Waals surface area contributed by atoms with Crippen LogP contribution in [-0.4, -0.2) is 41.5 Å². The molecule has 0 fully saturated rings. The number of hydrogen-bond acceptors (Lipinski definition) is 6. The van der Waals surface area contributed by atoms with Gasteiger partial charge in [0.1, 0.15) is 11.5 Å². The van der Waals surface area contributed by atoms with Crippen LogP contribution in [0.15, 0.2) is 97.1 Å². The van der Waals surface area contributed by atoms with Gasteiger partial charge < -0.3 is 28.7 Å². The van der Waals surface area contributed by atoms with E-state index in [2.05, 4.69) is 84.6 Å². The zero-order valence-electron chi connectivity index (χ0n) is 24.0. The van der Waals surface area contributed by atoms with Crippen LogP contribution in [0.4, 0.5) is 11.4 Å². The third-order valence-corrected chi connectivity index (χ3v) is 6.63. The van der Waals surface area contributed by atoms with Crippen molar-refractivity contribution in [3.63, 3.8) is 0 Å². The number of anilines is 2. The Balaban J connectivity index is 1.39. The molecule has 0 atom stereocenters. The second-order valence-corrected chi connectivity index (χ2v) is 9.90. The molecule has 0 aliphatic carbocycles. The molecule has 4 rings (SSSR count). The van der Waals surface area contributed by atoms with Gasteiger partial charge in [-0.3, -0.25) is 0 Å². The van der Waals surface area contributed by atoms with E-state index < -0.39 is 0 Å². The van der Waals surface area contributed by atoms with Gasteiger partial charge in [-0.1, -0.05) is 48.5 Å². The monoisotopic (exact) mass is 540 g/mol. The predicted octanol–water partition coefficient (Wildman–Crippen LogP) is 6.71. The summed E-state index contributed by atoms with van der Waals surface area (Å²) in [5, 5.41) is 0. The molecule has 0 aromatic heterocycles. The van der Waals surface area contributed by atoms with Gasteiger partial charge in [0.2, 0.25) is 0 Å². The van der Waals surface area contributed by atoms with Crippen molar-refractivity contribution in [1.82, 2.24) is 0 Å². The minimum atomic E-state index is 0.527. The summed E-state index contributed by atoms with van der Waals surface area (Å²) in [4.78, 5) is 4.53. The van der Waals surface area contributed by atoms with E-state index >= 15 is 0 Å². The van der Waals surface area contributed by atoms with Crippen LogP contribution in [0.1, 0.15) is 22.3 Å². The normalized spacial score (nSPS) is 10.8. The zero-order valence-corrected chi connectivity index (χ0v) is 24.0. The summed E-state index contributed by atoms with van der Waals surface area (Å²) in [7, 11) is 7.52. The maximum atomic E-state index is 5.96. The lowest BCUT2D eigenvalue weighted by Gasteiger charge is -2.26. The standard InChI is InChI=1S/C34H40N2O4/c1-35(2)31-13-5-9-27(19-31)23-36(24-28-10-7-15-33(21-28)37-3)32-14-6-11-29(20-32)25-39-17-18-40-26-30-12-8-16-34(22-30)38-4/h5-16,19-22H,17-18,23-26H2,1-4H3. The topological polar surface area (TPSA) is 43.4 Å². The lowest BCUT2D eigenvalue weighted by Crippen LogP contribution is -2.22. The molecule has 0 saturated carbocycles. The highest BCUT2D eigenvalue weighted by atomic mass is 16.5. The average Bonchev–Trinajstić information content (AvgIpc) is 2.99. The van der Waals surface area contributed by atoms with Crippen molar-refractivity contribution < 1.29 is 18.9 Å². The number of rotatable bonds is 15. The minimum Gasteiger partial charge on any atom is -0.497 e. The second kappa shape index (κ2) is 15.0. The maximum absolute atomic E-state index is 5.96. The van der Waals surface area contributed by atoms with E-state index in [0.717, 1.165) is 41.4 Å². The molecule has 0 aliphatic rings. The molecule has 0 amide bonds. The molecule has 210 valence electrons. The summed E-state index contributed by atoms with van der Waals surface area (Å²) in [5.74, 6) is 1.70. The third-order valence-electron chi connectivity index (χ3n) is 6.63. The quantitative estimate of drug-likeness (QED) is 0.156. The first kappa shape index (κ1) is 29.0. The first-order valence-corrected chi connectivity index (χ1v) is 13.6. The van der Waals surface area contributed by atoms with Gasteiger partial charge >= 0.3 is 0 Å². The van der Waals surface area contributed by atoms with Crippen LogP contribution in [0.25, 0.3) is 0 Å². The Kier molecular flexibility index (Phi) is 10.8. The number of nitrogens with zero attached hydrogens (tertiary/aromatic N) is 2. The van der Waals surface area contributed by atoms with Gasteiger partial charge in [0.05, 0.1) is 40.6 Å². The molecule has 0 heterocycles. The molecule has 40 heavy (non-hydrogen) atoms. The number of benzene rings is 4. The maximum Gasteiger partial charge on any atom is 0.119 e. The fourth-order valence-electron chi connectivity index (χ4n) is 4.49. The van der Waals surface area contributed by atoms with Crippen LogP contribution < -0.4 is 19.3 Å². The SMILES string of the molecule is COc1cccc(COCCOCc2cccc(N(Cc3cccc(OC)c3)Cc3cccc(N(C)C)c3)c2)c1. The third kappa shape index (κ3) is 8.76. The van der Waals surface area contributed by atoms with Crippen LogP contribution in [0.2, 0.25) is 0 Å². The van der Waals surface area contributed by atoms with Crippen molar-refractivity contribution in [3.8, 4) is 11.5 Å². The molecule has 0 bridgehead atoms. The Bertz CT molecular complexity index is 1340. The largest absolute Gasteiger partial charge is 0.497 e. The lowest BCUT2D eigenvalue weighted by atomic mass is 10.1. The highest BCUT2D eigenvalue weighted by Gasteiger charge is 2.11. The van der Waals surface area contributed by atoms with E-state index in [1.165, 1.54) is 16.8 Å². The minimum absolute atomic E-state index is 0.527.